The molecule has 3 aromatic rings. The van der Waals surface area contributed by atoms with E-state index >= 15 is 0 Å². The summed E-state index contributed by atoms with van der Waals surface area (Å²) < 4.78 is 73.5. The van der Waals surface area contributed by atoms with Gasteiger partial charge in [-0.2, -0.15) is 13.2 Å². The van der Waals surface area contributed by atoms with Gasteiger partial charge in [-0.3, -0.25) is 14.8 Å². The number of ether oxygens (including phenoxy) is 1. The number of amides is 1. The molecule has 1 fully saturated rings. The number of carbonyl (C=O) groups excluding carboxylic acids is 1. The fourth-order valence-corrected chi connectivity index (χ4v) is 3.36. The first-order chi connectivity index (χ1) is 16.0. The van der Waals surface area contributed by atoms with Crippen LogP contribution in [0.5, 0.6) is 5.75 Å². The number of alkyl halides is 3. The highest BCUT2D eigenvalue weighted by Gasteiger charge is 2.39. The molecule has 1 saturated carbocycles. The van der Waals surface area contributed by atoms with E-state index in [1.165, 1.54) is 24.5 Å². The fourth-order valence-electron chi connectivity index (χ4n) is 3.15. The molecule has 1 aliphatic carbocycles. The average molecular weight is 498 g/mol. The summed E-state index contributed by atoms with van der Waals surface area (Å²) in [4.78, 5) is 21.2. The van der Waals surface area contributed by atoms with E-state index in [9.17, 15) is 26.7 Å². The maximum absolute atomic E-state index is 15.0. The van der Waals surface area contributed by atoms with Crippen molar-refractivity contribution < 1.29 is 31.5 Å². The van der Waals surface area contributed by atoms with Crippen molar-refractivity contribution in [1.82, 2.24) is 9.97 Å². The number of rotatable bonds is 6. The van der Waals surface area contributed by atoms with Crippen LogP contribution in [0, 0.1) is 11.6 Å². The Hall–Kier alpha value is -3.27. The highest BCUT2D eigenvalue weighted by molar-refractivity contribution is 6.34. The molecule has 0 radical (unpaired) electrons. The van der Waals surface area contributed by atoms with Crippen molar-refractivity contribution in [2.45, 2.75) is 38.0 Å². The molecule has 2 aromatic carbocycles. The molecule has 1 aromatic heterocycles. The Morgan fingerprint density at radius 3 is 2.47 bits per heavy atom. The van der Waals surface area contributed by atoms with E-state index in [-0.39, 0.29) is 16.3 Å². The molecule has 1 heterocycles. The molecular weight excluding hydrogens is 481 g/mol. The maximum Gasteiger partial charge on any atom is 0.425 e. The first-order valence-corrected chi connectivity index (χ1v) is 10.6. The summed E-state index contributed by atoms with van der Waals surface area (Å²) >= 11 is 5.90. The molecule has 0 saturated heterocycles. The number of nitrogens with zero attached hydrogens (tertiary/aromatic N) is 2. The highest BCUT2D eigenvalue weighted by atomic mass is 35.5. The smallest absolute Gasteiger partial charge is 0.425 e. The molecule has 1 amide bonds. The number of para-hydroxylation sites is 1. The molecule has 1 aliphatic rings. The van der Waals surface area contributed by atoms with Crippen molar-refractivity contribution >= 4 is 23.2 Å². The van der Waals surface area contributed by atoms with Gasteiger partial charge < -0.3 is 10.1 Å². The number of aromatic nitrogens is 2. The Labute approximate surface area is 195 Å². The zero-order valence-corrected chi connectivity index (χ0v) is 18.3. The minimum atomic E-state index is -4.76. The molecule has 0 spiro atoms. The van der Waals surface area contributed by atoms with Gasteiger partial charge >= 0.3 is 6.18 Å². The van der Waals surface area contributed by atoms with Crippen LogP contribution in [-0.4, -0.2) is 28.2 Å². The van der Waals surface area contributed by atoms with E-state index < -0.39 is 46.8 Å². The summed E-state index contributed by atoms with van der Waals surface area (Å²) in [5.41, 5.74) is -0.409. The van der Waals surface area contributed by atoms with E-state index in [4.69, 9.17) is 16.3 Å². The third kappa shape index (κ3) is 5.11. The Morgan fingerprint density at radius 2 is 1.88 bits per heavy atom. The van der Waals surface area contributed by atoms with Crippen molar-refractivity contribution in [1.29, 1.82) is 0 Å². The maximum atomic E-state index is 15.0. The molecule has 34 heavy (non-hydrogen) atoms. The van der Waals surface area contributed by atoms with Crippen LogP contribution in [0.1, 0.15) is 41.7 Å². The number of benzene rings is 2. The number of hydrogen-bond acceptors (Lipinski definition) is 4. The lowest BCUT2D eigenvalue weighted by molar-refractivity contribution is -0.189. The Bertz CT molecular complexity index is 1210. The Balaban J connectivity index is 1.73. The van der Waals surface area contributed by atoms with Crippen LogP contribution in [0.15, 0.2) is 42.7 Å². The van der Waals surface area contributed by atoms with Gasteiger partial charge in [0.15, 0.2) is 6.10 Å². The van der Waals surface area contributed by atoms with Crippen LogP contribution in [0.4, 0.5) is 27.6 Å². The second-order valence-electron chi connectivity index (χ2n) is 7.78. The second kappa shape index (κ2) is 9.17. The lowest BCUT2D eigenvalue weighted by Gasteiger charge is -2.20. The molecule has 0 bridgehead atoms. The quantitative estimate of drug-likeness (QED) is 0.393. The molecule has 5 nitrogen and oxygen atoms in total. The lowest BCUT2D eigenvalue weighted by Crippen LogP contribution is -2.32. The van der Waals surface area contributed by atoms with E-state index in [2.05, 4.69) is 15.3 Å². The second-order valence-corrected chi connectivity index (χ2v) is 8.19. The third-order valence-electron chi connectivity index (χ3n) is 5.22. The summed E-state index contributed by atoms with van der Waals surface area (Å²) in [6.45, 7) is 0.739. The largest absolute Gasteiger partial charge is 0.480 e. The minimum absolute atomic E-state index is 0.0514. The summed E-state index contributed by atoms with van der Waals surface area (Å²) in [7, 11) is 0. The van der Waals surface area contributed by atoms with Gasteiger partial charge in [0.25, 0.3) is 5.91 Å². The molecular formula is C23H17ClF5N3O2. The van der Waals surface area contributed by atoms with Crippen LogP contribution >= 0.6 is 11.6 Å². The lowest BCUT2D eigenvalue weighted by atomic mass is 10.1. The number of nitrogens with one attached hydrogen (secondary N) is 1. The van der Waals surface area contributed by atoms with E-state index in [1.807, 2.05) is 0 Å². The predicted molar refractivity (Wildman–Crippen MR) is 115 cm³/mol. The number of halogens is 6. The summed E-state index contributed by atoms with van der Waals surface area (Å²) in [5, 5.41) is 2.01. The summed E-state index contributed by atoms with van der Waals surface area (Å²) in [6, 6.07) is 5.27. The first kappa shape index (κ1) is 23.9. The van der Waals surface area contributed by atoms with Gasteiger partial charge in [-0.1, -0.05) is 17.7 Å². The predicted octanol–water partition coefficient (Wildman–Crippen LogP) is 6.53. The number of carbonyl (C=O) groups is 1. The van der Waals surface area contributed by atoms with Gasteiger partial charge in [0.2, 0.25) is 0 Å². The highest BCUT2D eigenvalue weighted by Crippen LogP contribution is 2.39. The van der Waals surface area contributed by atoms with Crippen LogP contribution < -0.4 is 10.1 Å². The average Bonchev–Trinajstić information content (AvgIpc) is 3.62. The topological polar surface area (TPSA) is 64.1 Å². The molecule has 1 unspecified atom stereocenters. The van der Waals surface area contributed by atoms with Gasteiger partial charge in [-0.25, -0.2) is 8.78 Å². The molecule has 1 atom stereocenters. The van der Waals surface area contributed by atoms with Crippen molar-refractivity contribution in [2.75, 3.05) is 5.32 Å². The van der Waals surface area contributed by atoms with E-state index in [1.54, 1.807) is 0 Å². The Kier molecular flexibility index (Phi) is 6.44. The monoisotopic (exact) mass is 497 g/mol. The van der Waals surface area contributed by atoms with Gasteiger partial charge in [-0.05, 0) is 44.0 Å². The van der Waals surface area contributed by atoms with Crippen LogP contribution in [0.3, 0.4) is 0 Å². The number of anilines is 1. The van der Waals surface area contributed by atoms with Crippen molar-refractivity contribution in [2.24, 2.45) is 0 Å². The Morgan fingerprint density at radius 1 is 1.15 bits per heavy atom. The SMILES string of the molecule is CC(Oc1cc(-c2cnc(C3CC3)cn2)c(F)cc1C(=O)Nc1c(F)cccc1Cl)C(F)(F)F. The zero-order chi connectivity index (χ0) is 24.6. The summed E-state index contributed by atoms with van der Waals surface area (Å²) in [6.07, 6.45) is -2.34. The molecule has 4 rings (SSSR count). The van der Waals surface area contributed by atoms with E-state index in [0.717, 1.165) is 37.6 Å². The third-order valence-corrected chi connectivity index (χ3v) is 5.54. The standard InChI is InChI=1S/C23H17ClF5N3O2/c1-11(23(27,28)29)34-20-8-13(19-10-30-18(9-31-19)12-5-6-12)17(26)7-14(20)22(33)32-21-15(24)3-2-4-16(21)25/h2-4,7-12H,5-6H2,1H3,(H,32,33). The van der Waals surface area contributed by atoms with Crippen molar-refractivity contribution in [3.05, 3.63) is 70.6 Å². The zero-order valence-electron chi connectivity index (χ0n) is 17.6. The fraction of sp³-hybridized carbons (Fsp3) is 0.261. The normalized spacial score (nSPS) is 14.6. The molecule has 178 valence electrons. The van der Waals surface area contributed by atoms with Crippen LogP contribution in [0.2, 0.25) is 5.02 Å². The van der Waals surface area contributed by atoms with Crippen molar-refractivity contribution in [3.8, 4) is 17.0 Å². The molecule has 11 heteroatoms. The van der Waals surface area contributed by atoms with Gasteiger partial charge in [0.05, 0.1) is 33.9 Å². The van der Waals surface area contributed by atoms with Gasteiger partial charge in [0.1, 0.15) is 17.4 Å². The van der Waals surface area contributed by atoms with Crippen molar-refractivity contribution in [3.63, 3.8) is 0 Å². The van der Waals surface area contributed by atoms with Gasteiger partial charge in [0, 0.05) is 17.7 Å². The first-order valence-electron chi connectivity index (χ1n) is 10.2. The number of hydrogen-bond donors (Lipinski definition) is 1. The minimum Gasteiger partial charge on any atom is -0.480 e. The molecule has 0 aliphatic heterocycles. The van der Waals surface area contributed by atoms with Crippen LogP contribution in [-0.2, 0) is 0 Å². The molecule has 1 N–H and O–H groups in total. The van der Waals surface area contributed by atoms with E-state index in [0.29, 0.717) is 12.0 Å². The van der Waals surface area contributed by atoms with Gasteiger partial charge in [-0.15, -0.1) is 0 Å². The van der Waals surface area contributed by atoms with Crippen LogP contribution in [0.25, 0.3) is 11.3 Å². The summed E-state index contributed by atoms with van der Waals surface area (Å²) in [5.74, 6) is -3.22.